The SMILES string of the molecule is CC(C)c1nnc(SCC(=O)O)n1-c1ccccc1F. The molecule has 106 valence electrons. The zero-order valence-corrected chi connectivity index (χ0v) is 11.9. The van der Waals surface area contributed by atoms with Crippen molar-refractivity contribution in [3.63, 3.8) is 0 Å². The number of hydrogen-bond acceptors (Lipinski definition) is 4. The molecule has 0 atom stereocenters. The number of halogens is 1. The zero-order chi connectivity index (χ0) is 14.7. The Labute approximate surface area is 119 Å². The van der Waals surface area contributed by atoms with Crippen LogP contribution in [0.15, 0.2) is 29.4 Å². The van der Waals surface area contributed by atoms with E-state index in [0.29, 0.717) is 16.7 Å². The number of hydrogen-bond donors (Lipinski definition) is 1. The summed E-state index contributed by atoms with van der Waals surface area (Å²) in [6.45, 7) is 3.85. The highest BCUT2D eigenvalue weighted by Crippen LogP contribution is 2.26. The first-order chi connectivity index (χ1) is 9.50. The van der Waals surface area contributed by atoms with Crippen LogP contribution in [-0.4, -0.2) is 31.6 Å². The predicted octanol–water partition coefficient (Wildman–Crippen LogP) is 2.71. The van der Waals surface area contributed by atoms with Crippen LogP contribution in [0, 0.1) is 5.82 Å². The van der Waals surface area contributed by atoms with Crippen molar-refractivity contribution >= 4 is 17.7 Å². The maximum Gasteiger partial charge on any atom is 0.313 e. The molecule has 20 heavy (non-hydrogen) atoms. The number of thioether (sulfide) groups is 1. The molecule has 2 aromatic rings. The number of benzene rings is 1. The average Bonchev–Trinajstić information content (AvgIpc) is 2.80. The minimum absolute atomic E-state index is 0.0429. The minimum Gasteiger partial charge on any atom is -0.481 e. The molecule has 0 saturated carbocycles. The summed E-state index contributed by atoms with van der Waals surface area (Å²) in [7, 11) is 0. The molecule has 0 saturated heterocycles. The third-order valence-corrected chi connectivity index (χ3v) is 3.51. The van der Waals surface area contributed by atoms with E-state index in [4.69, 9.17) is 5.11 Å². The third kappa shape index (κ3) is 2.98. The van der Waals surface area contributed by atoms with Crippen LogP contribution in [0.5, 0.6) is 0 Å². The van der Waals surface area contributed by atoms with Gasteiger partial charge in [0.05, 0.1) is 11.4 Å². The standard InChI is InChI=1S/C13H14FN3O2S/c1-8(2)12-15-16-13(20-7-11(18)19)17(12)10-6-4-3-5-9(10)14/h3-6,8H,7H2,1-2H3,(H,18,19). The van der Waals surface area contributed by atoms with E-state index < -0.39 is 11.8 Å². The van der Waals surface area contributed by atoms with E-state index in [9.17, 15) is 9.18 Å². The Morgan fingerprint density at radius 2 is 2.10 bits per heavy atom. The van der Waals surface area contributed by atoms with Gasteiger partial charge in [0, 0.05) is 5.92 Å². The molecule has 0 aliphatic heterocycles. The van der Waals surface area contributed by atoms with Crippen molar-refractivity contribution in [3.05, 3.63) is 35.9 Å². The van der Waals surface area contributed by atoms with Gasteiger partial charge in [0.25, 0.3) is 0 Å². The maximum absolute atomic E-state index is 14.0. The van der Waals surface area contributed by atoms with Crippen LogP contribution in [0.4, 0.5) is 4.39 Å². The summed E-state index contributed by atoms with van der Waals surface area (Å²) in [6, 6.07) is 6.29. The van der Waals surface area contributed by atoms with Crippen LogP contribution in [-0.2, 0) is 4.79 Å². The highest BCUT2D eigenvalue weighted by atomic mass is 32.2. The molecule has 0 amide bonds. The van der Waals surface area contributed by atoms with E-state index in [0.717, 1.165) is 11.8 Å². The second-order valence-corrected chi connectivity index (χ2v) is 5.41. The Hall–Kier alpha value is -1.89. The molecule has 0 spiro atoms. The van der Waals surface area contributed by atoms with Gasteiger partial charge in [-0.15, -0.1) is 10.2 Å². The Morgan fingerprint density at radius 1 is 1.40 bits per heavy atom. The molecule has 0 fully saturated rings. The Kier molecular flexibility index (Phi) is 4.39. The first kappa shape index (κ1) is 14.5. The zero-order valence-electron chi connectivity index (χ0n) is 11.1. The number of nitrogens with zero attached hydrogens (tertiary/aromatic N) is 3. The van der Waals surface area contributed by atoms with Crippen LogP contribution in [0.25, 0.3) is 5.69 Å². The second-order valence-electron chi connectivity index (χ2n) is 4.46. The minimum atomic E-state index is -0.954. The lowest BCUT2D eigenvalue weighted by atomic mass is 10.2. The molecule has 0 aliphatic rings. The fraction of sp³-hybridized carbons (Fsp3) is 0.308. The van der Waals surface area contributed by atoms with E-state index >= 15 is 0 Å². The average molecular weight is 295 g/mol. The van der Waals surface area contributed by atoms with Crippen LogP contribution in [0.2, 0.25) is 0 Å². The van der Waals surface area contributed by atoms with E-state index in [1.165, 1.54) is 6.07 Å². The van der Waals surface area contributed by atoms with E-state index in [1.807, 2.05) is 13.8 Å². The Balaban J connectivity index is 2.50. The highest BCUT2D eigenvalue weighted by Gasteiger charge is 2.19. The molecule has 1 aromatic carbocycles. The lowest BCUT2D eigenvalue weighted by Gasteiger charge is -2.12. The molecule has 2 rings (SSSR count). The van der Waals surface area contributed by atoms with Gasteiger partial charge in [0.2, 0.25) is 0 Å². The molecule has 1 heterocycles. The number of aromatic nitrogens is 3. The Bertz CT molecular complexity index is 628. The maximum atomic E-state index is 14.0. The summed E-state index contributed by atoms with van der Waals surface area (Å²) in [6.07, 6.45) is 0. The van der Waals surface area contributed by atoms with Crippen molar-refractivity contribution in [2.75, 3.05) is 5.75 Å². The van der Waals surface area contributed by atoms with Gasteiger partial charge in [-0.3, -0.25) is 9.36 Å². The highest BCUT2D eigenvalue weighted by molar-refractivity contribution is 7.99. The van der Waals surface area contributed by atoms with Gasteiger partial charge in [-0.05, 0) is 12.1 Å². The molecular formula is C13H14FN3O2S. The fourth-order valence-electron chi connectivity index (χ4n) is 1.73. The Morgan fingerprint density at radius 3 is 2.70 bits per heavy atom. The lowest BCUT2D eigenvalue weighted by Crippen LogP contribution is -2.07. The van der Waals surface area contributed by atoms with Crippen LogP contribution >= 0.6 is 11.8 Å². The summed E-state index contributed by atoms with van der Waals surface area (Å²) in [5, 5.41) is 17.1. The normalized spacial score (nSPS) is 11.0. The number of carboxylic acids is 1. The van der Waals surface area contributed by atoms with Crippen molar-refractivity contribution < 1.29 is 14.3 Å². The fourth-order valence-corrected chi connectivity index (χ4v) is 2.41. The van der Waals surface area contributed by atoms with Crippen molar-refractivity contribution in [2.45, 2.75) is 24.9 Å². The van der Waals surface area contributed by atoms with E-state index in [1.54, 1.807) is 22.8 Å². The summed E-state index contributed by atoms with van der Waals surface area (Å²) in [5.41, 5.74) is 0.328. The molecule has 0 radical (unpaired) electrons. The van der Waals surface area contributed by atoms with Crippen LogP contribution < -0.4 is 0 Å². The number of para-hydroxylation sites is 1. The predicted molar refractivity (Wildman–Crippen MR) is 73.8 cm³/mol. The summed E-state index contributed by atoms with van der Waals surface area (Å²) >= 11 is 1.02. The molecule has 0 unspecified atom stereocenters. The summed E-state index contributed by atoms with van der Waals surface area (Å²) < 4.78 is 15.6. The number of aliphatic carboxylic acids is 1. The molecule has 1 N–H and O–H groups in total. The first-order valence-corrected chi connectivity index (χ1v) is 7.04. The summed E-state index contributed by atoms with van der Waals surface area (Å²) in [4.78, 5) is 10.7. The number of carbonyl (C=O) groups is 1. The molecule has 1 aromatic heterocycles. The van der Waals surface area contributed by atoms with Crippen molar-refractivity contribution in [1.29, 1.82) is 0 Å². The number of carboxylic acid groups (broad SMARTS) is 1. The van der Waals surface area contributed by atoms with Crippen molar-refractivity contribution in [2.24, 2.45) is 0 Å². The summed E-state index contributed by atoms with van der Waals surface area (Å²) in [5.74, 6) is -0.857. The number of rotatable bonds is 5. The first-order valence-electron chi connectivity index (χ1n) is 6.05. The molecule has 7 heteroatoms. The monoisotopic (exact) mass is 295 g/mol. The van der Waals surface area contributed by atoms with Gasteiger partial charge in [-0.2, -0.15) is 0 Å². The van der Waals surface area contributed by atoms with Gasteiger partial charge in [0.15, 0.2) is 5.16 Å². The van der Waals surface area contributed by atoms with E-state index in [2.05, 4.69) is 10.2 Å². The van der Waals surface area contributed by atoms with Gasteiger partial charge < -0.3 is 5.11 Å². The lowest BCUT2D eigenvalue weighted by molar-refractivity contribution is -0.133. The molecular weight excluding hydrogens is 281 g/mol. The van der Waals surface area contributed by atoms with Crippen molar-refractivity contribution in [1.82, 2.24) is 14.8 Å². The third-order valence-electron chi connectivity index (χ3n) is 2.59. The van der Waals surface area contributed by atoms with Gasteiger partial charge >= 0.3 is 5.97 Å². The van der Waals surface area contributed by atoms with E-state index in [-0.39, 0.29) is 11.7 Å². The molecule has 0 aliphatic carbocycles. The smallest absolute Gasteiger partial charge is 0.313 e. The van der Waals surface area contributed by atoms with Gasteiger partial charge in [-0.25, -0.2) is 4.39 Å². The van der Waals surface area contributed by atoms with Gasteiger partial charge in [0.1, 0.15) is 11.6 Å². The van der Waals surface area contributed by atoms with Crippen molar-refractivity contribution in [3.8, 4) is 5.69 Å². The molecule has 0 bridgehead atoms. The van der Waals surface area contributed by atoms with Crippen LogP contribution in [0.1, 0.15) is 25.6 Å². The topological polar surface area (TPSA) is 68.0 Å². The molecule has 5 nitrogen and oxygen atoms in total. The van der Waals surface area contributed by atoms with Gasteiger partial charge in [-0.1, -0.05) is 37.7 Å². The largest absolute Gasteiger partial charge is 0.481 e. The quantitative estimate of drug-likeness (QED) is 0.859. The van der Waals surface area contributed by atoms with Crippen LogP contribution in [0.3, 0.4) is 0 Å². The second kappa shape index (κ2) is 6.04.